The van der Waals surface area contributed by atoms with E-state index in [2.05, 4.69) is 0 Å². The molecule has 0 unspecified atom stereocenters. The Morgan fingerprint density at radius 2 is 2.07 bits per heavy atom. The average Bonchev–Trinajstić information content (AvgIpc) is 2.09. The molecule has 0 aliphatic rings. The Morgan fingerprint density at radius 3 is 2.57 bits per heavy atom. The van der Waals surface area contributed by atoms with Gasteiger partial charge in [0.15, 0.2) is 9.84 Å². The van der Waals surface area contributed by atoms with Crippen LogP contribution in [0.3, 0.4) is 0 Å². The summed E-state index contributed by atoms with van der Waals surface area (Å²) in [5.74, 6) is -0.534. The summed E-state index contributed by atoms with van der Waals surface area (Å²) in [6.07, 6.45) is 0. The molecule has 0 saturated heterocycles. The zero-order valence-corrected chi connectivity index (χ0v) is 8.78. The highest BCUT2D eigenvalue weighted by atomic mass is 35.5. The highest BCUT2D eigenvalue weighted by Crippen LogP contribution is 2.22. The van der Waals surface area contributed by atoms with Gasteiger partial charge in [0, 0.05) is 0 Å². The summed E-state index contributed by atoms with van der Waals surface area (Å²) in [4.78, 5) is -0.00523. The lowest BCUT2D eigenvalue weighted by Crippen LogP contribution is -2.08. The molecule has 14 heavy (non-hydrogen) atoms. The number of hydrogen-bond acceptors (Lipinski definition) is 3. The van der Waals surface area contributed by atoms with E-state index in [9.17, 15) is 12.8 Å². The maximum absolute atomic E-state index is 11.9. The number of nitrogens with two attached hydrogens (primary N) is 1. The van der Waals surface area contributed by atoms with E-state index in [1.807, 2.05) is 0 Å². The normalized spacial score (nSPS) is 11.6. The number of hydrogen-bond donors (Lipinski definition) is 1. The fraction of sp³-hybridized carbons (Fsp3) is 0.250. The van der Waals surface area contributed by atoms with Crippen LogP contribution in [0.5, 0.6) is 0 Å². The predicted octanol–water partition coefficient (Wildman–Crippen LogP) is 1.67. The summed E-state index contributed by atoms with van der Waals surface area (Å²) in [5.41, 5.74) is 5.70. The minimum absolute atomic E-state index is 0.00523. The van der Waals surface area contributed by atoms with Gasteiger partial charge >= 0.3 is 0 Å². The lowest BCUT2D eigenvalue weighted by atomic mass is 10.3. The van der Waals surface area contributed by atoms with Gasteiger partial charge in [-0.15, -0.1) is 0 Å². The minimum atomic E-state index is -3.56. The maximum Gasteiger partial charge on any atom is 0.180 e. The molecule has 0 aliphatic heterocycles. The molecule has 0 saturated carbocycles. The molecule has 0 aromatic heterocycles. The topological polar surface area (TPSA) is 60.2 Å². The van der Waals surface area contributed by atoms with Crippen molar-refractivity contribution < 1.29 is 12.8 Å². The van der Waals surface area contributed by atoms with Crippen molar-refractivity contribution in [3.05, 3.63) is 23.2 Å². The van der Waals surface area contributed by atoms with Crippen LogP contribution in [-0.4, -0.2) is 20.8 Å². The SMILES string of the molecule is Nc1ccc(S(=O)(=O)CCF)cc1Cl. The molecule has 0 amide bonds. The second kappa shape index (κ2) is 4.14. The Bertz CT molecular complexity index is 433. The van der Waals surface area contributed by atoms with E-state index in [0.717, 1.165) is 0 Å². The van der Waals surface area contributed by atoms with Crippen LogP contribution < -0.4 is 5.73 Å². The van der Waals surface area contributed by atoms with Crippen molar-refractivity contribution in [2.24, 2.45) is 0 Å². The highest BCUT2D eigenvalue weighted by molar-refractivity contribution is 7.91. The molecule has 1 aromatic carbocycles. The quantitative estimate of drug-likeness (QED) is 0.814. The molecule has 0 fully saturated rings. The first-order valence-electron chi connectivity index (χ1n) is 3.81. The van der Waals surface area contributed by atoms with E-state index in [4.69, 9.17) is 17.3 Å². The summed E-state index contributed by atoms with van der Waals surface area (Å²) in [6.45, 7) is -0.912. The van der Waals surface area contributed by atoms with Gasteiger partial charge in [0.2, 0.25) is 0 Å². The Balaban J connectivity index is 3.15. The summed E-state index contributed by atoms with van der Waals surface area (Å²) >= 11 is 5.64. The molecule has 0 spiro atoms. The molecule has 1 rings (SSSR count). The average molecular weight is 238 g/mol. The van der Waals surface area contributed by atoms with Crippen LogP contribution in [0.15, 0.2) is 23.1 Å². The monoisotopic (exact) mass is 237 g/mol. The molecule has 0 radical (unpaired) electrons. The van der Waals surface area contributed by atoms with Crippen molar-refractivity contribution in [2.75, 3.05) is 18.2 Å². The predicted molar refractivity (Wildman–Crippen MR) is 53.9 cm³/mol. The van der Waals surface area contributed by atoms with Crippen LogP contribution in [0.25, 0.3) is 0 Å². The van der Waals surface area contributed by atoms with Gasteiger partial charge in [-0.2, -0.15) is 0 Å². The highest BCUT2D eigenvalue weighted by Gasteiger charge is 2.14. The van der Waals surface area contributed by atoms with Gasteiger partial charge in [-0.05, 0) is 18.2 Å². The van der Waals surface area contributed by atoms with E-state index in [-0.39, 0.29) is 9.92 Å². The van der Waals surface area contributed by atoms with Crippen molar-refractivity contribution >= 4 is 27.1 Å². The third-order valence-corrected chi connectivity index (χ3v) is 3.67. The van der Waals surface area contributed by atoms with E-state index in [1.165, 1.54) is 18.2 Å². The number of alkyl halides is 1. The largest absolute Gasteiger partial charge is 0.398 e. The standard InChI is InChI=1S/C8H9ClFNO2S/c9-7-5-6(1-2-8(7)11)14(12,13)4-3-10/h1-2,5H,3-4,11H2. The second-order valence-corrected chi connectivity index (χ2v) is 5.21. The Kier molecular flexibility index (Phi) is 3.34. The molecular weight excluding hydrogens is 229 g/mol. The number of benzene rings is 1. The van der Waals surface area contributed by atoms with Crippen LogP contribution in [0.4, 0.5) is 10.1 Å². The zero-order valence-electron chi connectivity index (χ0n) is 7.20. The van der Waals surface area contributed by atoms with E-state index >= 15 is 0 Å². The van der Waals surface area contributed by atoms with Crippen LogP contribution in [0.1, 0.15) is 0 Å². The van der Waals surface area contributed by atoms with Crippen molar-refractivity contribution in [2.45, 2.75) is 4.90 Å². The second-order valence-electron chi connectivity index (χ2n) is 2.69. The number of rotatable bonds is 3. The summed E-state index contributed by atoms with van der Waals surface area (Å²) in [5, 5.41) is 0.157. The first-order valence-corrected chi connectivity index (χ1v) is 5.84. The first kappa shape index (κ1) is 11.3. The number of halogens is 2. The summed E-state index contributed by atoms with van der Waals surface area (Å²) in [6, 6.07) is 3.92. The molecule has 1 aromatic rings. The lowest BCUT2D eigenvalue weighted by molar-refractivity contribution is 0.517. The van der Waals surface area contributed by atoms with Crippen molar-refractivity contribution in [1.29, 1.82) is 0 Å². The van der Waals surface area contributed by atoms with Gasteiger partial charge in [-0.25, -0.2) is 12.8 Å². The molecule has 3 nitrogen and oxygen atoms in total. The van der Waals surface area contributed by atoms with Gasteiger partial charge < -0.3 is 5.73 Å². The fourth-order valence-electron chi connectivity index (χ4n) is 0.921. The molecule has 78 valence electrons. The lowest BCUT2D eigenvalue weighted by Gasteiger charge is -2.03. The Labute approximate surface area is 86.6 Å². The molecular formula is C8H9ClFNO2S. The molecule has 6 heteroatoms. The van der Waals surface area contributed by atoms with E-state index < -0.39 is 22.3 Å². The van der Waals surface area contributed by atoms with Crippen molar-refractivity contribution in [3.63, 3.8) is 0 Å². The molecule has 0 bridgehead atoms. The van der Waals surface area contributed by atoms with Gasteiger partial charge in [0.05, 0.1) is 21.4 Å². The maximum atomic E-state index is 11.9. The third kappa shape index (κ3) is 2.36. The summed E-state index contributed by atoms with van der Waals surface area (Å²) in [7, 11) is -3.56. The first-order chi connectivity index (χ1) is 6.47. The van der Waals surface area contributed by atoms with Gasteiger partial charge in [-0.3, -0.25) is 0 Å². The fourth-order valence-corrected chi connectivity index (χ4v) is 2.18. The molecule has 2 N–H and O–H groups in total. The molecule has 0 aliphatic carbocycles. The zero-order chi connectivity index (χ0) is 10.8. The smallest absolute Gasteiger partial charge is 0.180 e. The van der Waals surface area contributed by atoms with Gasteiger partial charge in [0.1, 0.15) is 6.67 Å². The van der Waals surface area contributed by atoms with Crippen LogP contribution in [-0.2, 0) is 9.84 Å². The Hall–Kier alpha value is -0.810. The molecule has 0 atom stereocenters. The van der Waals surface area contributed by atoms with E-state index in [1.54, 1.807) is 0 Å². The summed E-state index contributed by atoms with van der Waals surface area (Å²) < 4.78 is 34.6. The van der Waals surface area contributed by atoms with Gasteiger partial charge in [0.25, 0.3) is 0 Å². The van der Waals surface area contributed by atoms with Crippen LogP contribution >= 0.6 is 11.6 Å². The number of nitrogen functional groups attached to an aromatic ring is 1. The van der Waals surface area contributed by atoms with Crippen LogP contribution in [0.2, 0.25) is 5.02 Å². The third-order valence-electron chi connectivity index (χ3n) is 1.68. The van der Waals surface area contributed by atoms with Crippen molar-refractivity contribution in [3.8, 4) is 0 Å². The van der Waals surface area contributed by atoms with Gasteiger partial charge in [-0.1, -0.05) is 11.6 Å². The Morgan fingerprint density at radius 1 is 1.43 bits per heavy atom. The van der Waals surface area contributed by atoms with Crippen molar-refractivity contribution in [1.82, 2.24) is 0 Å². The van der Waals surface area contributed by atoms with E-state index in [0.29, 0.717) is 5.69 Å². The minimum Gasteiger partial charge on any atom is -0.398 e. The molecule has 0 heterocycles. The van der Waals surface area contributed by atoms with Crippen LogP contribution in [0, 0.1) is 0 Å². The number of sulfone groups is 1. The number of anilines is 1.